The van der Waals surface area contributed by atoms with Gasteiger partial charge in [0.1, 0.15) is 6.17 Å². The van der Waals surface area contributed by atoms with Gasteiger partial charge in [-0.1, -0.05) is 0 Å². The second-order valence-corrected chi connectivity index (χ2v) is 3.21. The Morgan fingerprint density at radius 1 is 1.27 bits per heavy atom. The first-order valence-corrected chi connectivity index (χ1v) is 4.61. The van der Waals surface area contributed by atoms with E-state index in [4.69, 9.17) is 14.6 Å². The zero-order valence-corrected chi connectivity index (χ0v) is 9.08. The Kier molecular flexibility index (Phi) is 3.91. The molecule has 0 radical (unpaired) electrons. The lowest BCUT2D eigenvalue weighted by Crippen LogP contribution is -2.02. The number of ether oxygens (including phenoxy) is 2. The Morgan fingerprint density at radius 2 is 1.80 bits per heavy atom. The van der Waals surface area contributed by atoms with E-state index in [-0.39, 0.29) is 0 Å². The SMILES string of the molecule is COc1cc(C)c(C(F)CO)cc1OC. The van der Waals surface area contributed by atoms with Gasteiger partial charge in [-0.2, -0.15) is 0 Å². The predicted octanol–water partition coefficient (Wildman–Crippen LogP) is 2.02. The average Bonchev–Trinajstić information content (AvgIpc) is 2.27. The van der Waals surface area contributed by atoms with Crippen LogP contribution in [0.5, 0.6) is 11.5 Å². The summed E-state index contributed by atoms with van der Waals surface area (Å²) in [4.78, 5) is 0. The molecule has 1 N–H and O–H groups in total. The maximum absolute atomic E-state index is 13.3. The number of alkyl halides is 1. The zero-order valence-electron chi connectivity index (χ0n) is 9.08. The highest BCUT2D eigenvalue weighted by Crippen LogP contribution is 2.33. The molecule has 0 aliphatic carbocycles. The van der Waals surface area contributed by atoms with Crippen LogP contribution in [0.1, 0.15) is 17.3 Å². The third kappa shape index (κ3) is 2.39. The first-order chi connectivity index (χ1) is 7.13. The predicted molar refractivity (Wildman–Crippen MR) is 55.2 cm³/mol. The van der Waals surface area contributed by atoms with Gasteiger partial charge in [0, 0.05) is 0 Å². The smallest absolute Gasteiger partial charge is 0.161 e. The van der Waals surface area contributed by atoms with Crippen LogP contribution in [-0.2, 0) is 0 Å². The van der Waals surface area contributed by atoms with Crippen molar-refractivity contribution < 1.29 is 19.0 Å². The molecule has 1 unspecified atom stereocenters. The summed E-state index contributed by atoms with van der Waals surface area (Å²) in [7, 11) is 3.01. The molecule has 1 aromatic rings. The fourth-order valence-electron chi connectivity index (χ4n) is 1.43. The summed E-state index contributed by atoms with van der Waals surface area (Å²) >= 11 is 0. The standard InChI is InChI=1S/C11H15FO3/c1-7-4-10(14-2)11(15-3)5-8(7)9(12)6-13/h4-5,9,13H,6H2,1-3H3. The third-order valence-corrected chi connectivity index (χ3v) is 2.27. The minimum absolute atomic E-state index is 0.426. The van der Waals surface area contributed by atoms with Crippen molar-refractivity contribution in [1.29, 1.82) is 0 Å². The number of methoxy groups -OCH3 is 2. The van der Waals surface area contributed by atoms with Crippen LogP contribution in [0.4, 0.5) is 4.39 Å². The first-order valence-electron chi connectivity index (χ1n) is 4.61. The molecular formula is C11H15FO3. The van der Waals surface area contributed by atoms with Crippen molar-refractivity contribution in [1.82, 2.24) is 0 Å². The van der Waals surface area contributed by atoms with Gasteiger partial charge in [0.25, 0.3) is 0 Å². The lowest BCUT2D eigenvalue weighted by atomic mass is 10.0. The lowest BCUT2D eigenvalue weighted by molar-refractivity contribution is 0.179. The zero-order chi connectivity index (χ0) is 11.4. The molecule has 0 spiro atoms. The van der Waals surface area contributed by atoms with E-state index in [2.05, 4.69) is 0 Å². The number of halogens is 1. The number of aliphatic hydroxyl groups is 1. The van der Waals surface area contributed by atoms with Gasteiger partial charge >= 0.3 is 0 Å². The average molecular weight is 214 g/mol. The van der Waals surface area contributed by atoms with Crippen molar-refractivity contribution in [3.8, 4) is 11.5 Å². The Morgan fingerprint density at radius 3 is 2.27 bits per heavy atom. The molecule has 15 heavy (non-hydrogen) atoms. The van der Waals surface area contributed by atoms with E-state index >= 15 is 0 Å². The van der Waals surface area contributed by atoms with Crippen molar-refractivity contribution >= 4 is 0 Å². The molecule has 1 rings (SSSR count). The van der Waals surface area contributed by atoms with Crippen LogP contribution in [0.2, 0.25) is 0 Å². The number of hydrogen-bond acceptors (Lipinski definition) is 3. The normalized spacial score (nSPS) is 12.3. The molecule has 1 atom stereocenters. The van der Waals surface area contributed by atoms with E-state index in [1.807, 2.05) is 0 Å². The third-order valence-electron chi connectivity index (χ3n) is 2.27. The highest BCUT2D eigenvalue weighted by Gasteiger charge is 2.15. The van der Waals surface area contributed by atoms with Crippen LogP contribution >= 0.6 is 0 Å². The Labute approximate surface area is 88.4 Å². The minimum atomic E-state index is -1.38. The van der Waals surface area contributed by atoms with E-state index in [0.717, 1.165) is 5.56 Å². The highest BCUT2D eigenvalue weighted by atomic mass is 19.1. The van der Waals surface area contributed by atoms with E-state index in [1.54, 1.807) is 19.1 Å². The van der Waals surface area contributed by atoms with Crippen LogP contribution in [-0.4, -0.2) is 25.9 Å². The van der Waals surface area contributed by atoms with Crippen LogP contribution < -0.4 is 9.47 Å². The van der Waals surface area contributed by atoms with Crippen molar-refractivity contribution in [2.24, 2.45) is 0 Å². The van der Waals surface area contributed by atoms with Gasteiger partial charge in [-0.15, -0.1) is 0 Å². The molecule has 4 heteroatoms. The van der Waals surface area contributed by atoms with Crippen molar-refractivity contribution in [3.63, 3.8) is 0 Å². The summed E-state index contributed by atoms with van der Waals surface area (Å²) in [6.07, 6.45) is -1.38. The Bertz CT molecular complexity index is 339. The van der Waals surface area contributed by atoms with E-state index in [0.29, 0.717) is 17.1 Å². The number of rotatable bonds is 4. The second-order valence-electron chi connectivity index (χ2n) is 3.21. The summed E-state index contributed by atoms with van der Waals surface area (Å²) in [5, 5.41) is 8.76. The van der Waals surface area contributed by atoms with Gasteiger partial charge in [0.2, 0.25) is 0 Å². The number of aryl methyl sites for hydroxylation is 1. The fraction of sp³-hybridized carbons (Fsp3) is 0.455. The van der Waals surface area contributed by atoms with Gasteiger partial charge in [-0.25, -0.2) is 4.39 Å². The number of aliphatic hydroxyl groups excluding tert-OH is 1. The quantitative estimate of drug-likeness (QED) is 0.833. The lowest BCUT2D eigenvalue weighted by Gasteiger charge is -2.14. The van der Waals surface area contributed by atoms with Gasteiger partial charge < -0.3 is 14.6 Å². The summed E-state index contributed by atoms with van der Waals surface area (Å²) < 4.78 is 23.5. The van der Waals surface area contributed by atoms with Crippen molar-refractivity contribution in [2.45, 2.75) is 13.1 Å². The van der Waals surface area contributed by atoms with Crippen molar-refractivity contribution in [3.05, 3.63) is 23.3 Å². The molecule has 84 valence electrons. The maximum atomic E-state index is 13.3. The number of hydrogen-bond donors (Lipinski definition) is 1. The molecular weight excluding hydrogens is 199 g/mol. The Hall–Kier alpha value is -1.29. The molecule has 0 bridgehead atoms. The molecule has 0 aliphatic rings. The monoisotopic (exact) mass is 214 g/mol. The highest BCUT2D eigenvalue weighted by molar-refractivity contribution is 5.47. The van der Waals surface area contributed by atoms with Crippen LogP contribution in [0, 0.1) is 6.92 Å². The fourth-order valence-corrected chi connectivity index (χ4v) is 1.43. The minimum Gasteiger partial charge on any atom is -0.493 e. The summed E-state index contributed by atoms with van der Waals surface area (Å²) in [6.45, 7) is 1.23. The van der Waals surface area contributed by atoms with Gasteiger partial charge in [0.05, 0.1) is 20.8 Å². The van der Waals surface area contributed by atoms with Crippen molar-refractivity contribution in [2.75, 3.05) is 20.8 Å². The molecule has 0 heterocycles. The molecule has 0 saturated heterocycles. The topological polar surface area (TPSA) is 38.7 Å². The van der Waals surface area contributed by atoms with Crippen LogP contribution in [0.15, 0.2) is 12.1 Å². The maximum Gasteiger partial charge on any atom is 0.161 e. The van der Waals surface area contributed by atoms with Crippen LogP contribution in [0.25, 0.3) is 0 Å². The van der Waals surface area contributed by atoms with Gasteiger partial charge in [-0.3, -0.25) is 0 Å². The van der Waals surface area contributed by atoms with E-state index in [1.165, 1.54) is 14.2 Å². The van der Waals surface area contributed by atoms with E-state index in [9.17, 15) is 4.39 Å². The van der Waals surface area contributed by atoms with Gasteiger partial charge in [-0.05, 0) is 30.2 Å². The molecule has 0 fully saturated rings. The Balaban J connectivity index is 3.19. The molecule has 0 amide bonds. The van der Waals surface area contributed by atoms with E-state index < -0.39 is 12.8 Å². The molecule has 0 aliphatic heterocycles. The first kappa shape index (κ1) is 11.8. The largest absolute Gasteiger partial charge is 0.493 e. The van der Waals surface area contributed by atoms with Gasteiger partial charge in [0.15, 0.2) is 11.5 Å². The molecule has 0 aromatic heterocycles. The second kappa shape index (κ2) is 4.98. The van der Waals surface area contributed by atoms with Crippen LogP contribution in [0.3, 0.4) is 0 Å². The molecule has 0 saturated carbocycles. The molecule has 1 aromatic carbocycles. The molecule has 3 nitrogen and oxygen atoms in total. The summed E-state index contributed by atoms with van der Waals surface area (Å²) in [5.74, 6) is 1.03. The number of benzene rings is 1. The summed E-state index contributed by atoms with van der Waals surface area (Å²) in [5.41, 5.74) is 1.16. The summed E-state index contributed by atoms with van der Waals surface area (Å²) in [6, 6.07) is 3.24.